The molecule has 0 saturated heterocycles. The van der Waals surface area contributed by atoms with E-state index in [1.807, 2.05) is 6.92 Å². The van der Waals surface area contributed by atoms with Crippen molar-refractivity contribution in [1.82, 2.24) is 5.32 Å². The Labute approximate surface area is 126 Å². The van der Waals surface area contributed by atoms with Crippen molar-refractivity contribution in [3.05, 3.63) is 69.2 Å². The van der Waals surface area contributed by atoms with Crippen LogP contribution in [0.1, 0.15) is 24.1 Å². The van der Waals surface area contributed by atoms with E-state index in [9.17, 15) is 8.78 Å². The molecule has 0 fully saturated rings. The molecule has 20 heavy (non-hydrogen) atoms. The average molecular weight is 316 g/mol. The minimum atomic E-state index is -0.615. The Morgan fingerprint density at radius 3 is 2.50 bits per heavy atom. The third-order valence-corrected chi connectivity index (χ3v) is 3.50. The van der Waals surface area contributed by atoms with E-state index in [-0.39, 0.29) is 5.02 Å². The zero-order valence-corrected chi connectivity index (χ0v) is 12.3. The molecule has 0 aliphatic heterocycles. The molecule has 0 aromatic heterocycles. The van der Waals surface area contributed by atoms with Gasteiger partial charge in [-0.1, -0.05) is 48.3 Å². The lowest BCUT2D eigenvalue weighted by atomic mass is 9.97. The molecule has 1 atom stereocenters. The Morgan fingerprint density at radius 1 is 1.10 bits per heavy atom. The number of hydrogen-bond donors (Lipinski definition) is 1. The zero-order valence-electron chi connectivity index (χ0n) is 10.8. The standard InChI is InChI=1S/C15H13Cl2F2N/c1-2-20-15(10-7-6-9(16)8-13(10)18)11-4-3-5-12(17)14(11)19/h3-8,15,20H,2H2,1H3. The summed E-state index contributed by atoms with van der Waals surface area (Å²) in [5, 5.41) is 3.37. The van der Waals surface area contributed by atoms with Crippen LogP contribution in [0.5, 0.6) is 0 Å². The summed E-state index contributed by atoms with van der Waals surface area (Å²) in [4.78, 5) is 0. The number of hydrogen-bond acceptors (Lipinski definition) is 1. The van der Waals surface area contributed by atoms with E-state index in [1.54, 1.807) is 24.3 Å². The topological polar surface area (TPSA) is 12.0 Å². The molecule has 0 radical (unpaired) electrons. The second-order valence-electron chi connectivity index (χ2n) is 4.30. The predicted molar refractivity (Wildman–Crippen MR) is 78.3 cm³/mol. The van der Waals surface area contributed by atoms with E-state index in [0.717, 1.165) is 0 Å². The monoisotopic (exact) mass is 315 g/mol. The average Bonchev–Trinajstić information content (AvgIpc) is 2.40. The van der Waals surface area contributed by atoms with Crippen LogP contribution in [0.25, 0.3) is 0 Å². The first-order chi connectivity index (χ1) is 9.54. The Balaban J connectivity index is 2.53. The zero-order chi connectivity index (χ0) is 14.7. The summed E-state index contributed by atoms with van der Waals surface area (Å²) in [6.45, 7) is 2.42. The molecule has 2 rings (SSSR count). The molecule has 0 spiro atoms. The highest BCUT2D eigenvalue weighted by atomic mass is 35.5. The molecular formula is C15H13Cl2F2N. The normalized spacial score (nSPS) is 12.4. The molecule has 1 nitrogen and oxygen atoms in total. The molecule has 0 aliphatic carbocycles. The van der Waals surface area contributed by atoms with Gasteiger partial charge in [0.1, 0.15) is 11.6 Å². The molecule has 0 bridgehead atoms. The van der Waals surface area contributed by atoms with Crippen LogP contribution in [0.15, 0.2) is 36.4 Å². The Kier molecular flexibility index (Phi) is 4.97. The maximum absolute atomic E-state index is 14.2. The molecule has 2 aromatic rings. The van der Waals surface area contributed by atoms with Crippen LogP contribution in [0.3, 0.4) is 0 Å². The van der Waals surface area contributed by atoms with Crippen molar-refractivity contribution in [1.29, 1.82) is 0 Å². The number of nitrogens with one attached hydrogen (secondary N) is 1. The smallest absolute Gasteiger partial charge is 0.146 e. The third kappa shape index (κ3) is 3.11. The second kappa shape index (κ2) is 6.53. The van der Waals surface area contributed by atoms with Crippen LogP contribution in [0.2, 0.25) is 10.0 Å². The summed E-state index contributed by atoms with van der Waals surface area (Å²) >= 11 is 11.5. The van der Waals surface area contributed by atoms with Gasteiger partial charge in [-0.3, -0.25) is 0 Å². The van der Waals surface area contributed by atoms with Gasteiger partial charge in [-0.2, -0.15) is 0 Å². The third-order valence-electron chi connectivity index (χ3n) is 2.97. The van der Waals surface area contributed by atoms with Gasteiger partial charge in [0.05, 0.1) is 11.1 Å². The van der Waals surface area contributed by atoms with Gasteiger partial charge in [0.25, 0.3) is 0 Å². The maximum Gasteiger partial charge on any atom is 0.146 e. The van der Waals surface area contributed by atoms with E-state index < -0.39 is 17.7 Å². The van der Waals surface area contributed by atoms with E-state index in [0.29, 0.717) is 22.7 Å². The Bertz CT molecular complexity index is 617. The summed E-state index contributed by atoms with van der Waals surface area (Å²) in [6.07, 6.45) is 0. The molecule has 1 unspecified atom stereocenters. The van der Waals surface area contributed by atoms with E-state index >= 15 is 0 Å². The molecule has 0 saturated carbocycles. The van der Waals surface area contributed by atoms with Crippen LogP contribution in [-0.4, -0.2) is 6.54 Å². The Morgan fingerprint density at radius 2 is 1.85 bits per heavy atom. The highest BCUT2D eigenvalue weighted by molar-refractivity contribution is 6.31. The van der Waals surface area contributed by atoms with Crippen molar-refractivity contribution in [2.75, 3.05) is 6.54 Å². The summed E-state index contributed by atoms with van der Waals surface area (Å²) in [6, 6.07) is 8.40. The SMILES string of the molecule is CCNC(c1ccc(Cl)cc1F)c1cccc(Cl)c1F. The van der Waals surface area contributed by atoms with Crippen LogP contribution >= 0.6 is 23.2 Å². The minimum absolute atomic E-state index is 0.0137. The van der Waals surface area contributed by atoms with Crippen molar-refractivity contribution in [3.8, 4) is 0 Å². The van der Waals surface area contributed by atoms with Gasteiger partial charge in [0, 0.05) is 16.1 Å². The first-order valence-corrected chi connectivity index (χ1v) is 6.92. The van der Waals surface area contributed by atoms with Gasteiger partial charge in [-0.15, -0.1) is 0 Å². The molecule has 0 amide bonds. The van der Waals surface area contributed by atoms with E-state index in [2.05, 4.69) is 5.32 Å². The van der Waals surface area contributed by atoms with Crippen LogP contribution in [-0.2, 0) is 0 Å². The fourth-order valence-corrected chi connectivity index (χ4v) is 2.41. The van der Waals surface area contributed by atoms with Crippen molar-refractivity contribution in [3.63, 3.8) is 0 Å². The number of rotatable bonds is 4. The summed E-state index contributed by atoms with van der Waals surface area (Å²) < 4.78 is 28.2. The van der Waals surface area contributed by atoms with Crippen molar-refractivity contribution < 1.29 is 8.78 Å². The lowest BCUT2D eigenvalue weighted by Gasteiger charge is -2.20. The van der Waals surface area contributed by atoms with Gasteiger partial charge in [0.15, 0.2) is 0 Å². The van der Waals surface area contributed by atoms with E-state index in [4.69, 9.17) is 23.2 Å². The van der Waals surface area contributed by atoms with Gasteiger partial charge in [-0.25, -0.2) is 8.78 Å². The molecule has 0 heterocycles. The number of benzene rings is 2. The fourth-order valence-electron chi connectivity index (χ4n) is 2.07. The highest BCUT2D eigenvalue weighted by Crippen LogP contribution is 2.30. The van der Waals surface area contributed by atoms with Gasteiger partial charge >= 0.3 is 0 Å². The van der Waals surface area contributed by atoms with Crippen molar-refractivity contribution >= 4 is 23.2 Å². The molecule has 106 valence electrons. The second-order valence-corrected chi connectivity index (χ2v) is 5.14. The molecule has 2 aromatic carbocycles. The lowest BCUT2D eigenvalue weighted by molar-refractivity contribution is 0.531. The summed E-state index contributed by atoms with van der Waals surface area (Å²) in [5.74, 6) is -1.03. The Hall–Kier alpha value is -1.16. The van der Waals surface area contributed by atoms with Crippen LogP contribution < -0.4 is 5.32 Å². The van der Waals surface area contributed by atoms with Crippen LogP contribution in [0, 0.1) is 11.6 Å². The van der Waals surface area contributed by atoms with Crippen molar-refractivity contribution in [2.45, 2.75) is 13.0 Å². The summed E-state index contributed by atoms with van der Waals surface area (Å²) in [7, 11) is 0. The molecule has 0 aliphatic rings. The summed E-state index contributed by atoms with van der Waals surface area (Å²) in [5.41, 5.74) is 0.637. The van der Waals surface area contributed by atoms with Gasteiger partial charge < -0.3 is 5.32 Å². The lowest BCUT2D eigenvalue weighted by Crippen LogP contribution is -2.24. The first-order valence-electron chi connectivity index (χ1n) is 6.16. The van der Waals surface area contributed by atoms with Gasteiger partial charge in [0.2, 0.25) is 0 Å². The fraction of sp³-hybridized carbons (Fsp3) is 0.200. The predicted octanol–water partition coefficient (Wildman–Crippen LogP) is 4.97. The maximum atomic E-state index is 14.2. The minimum Gasteiger partial charge on any atom is -0.306 e. The molecule has 1 N–H and O–H groups in total. The molecular weight excluding hydrogens is 303 g/mol. The quantitative estimate of drug-likeness (QED) is 0.840. The molecule has 5 heteroatoms. The highest BCUT2D eigenvalue weighted by Gasteiger charge is 2.21. The number of halogens is 4. The van der Waals surface area contributed by atoms with Crippen LogP contribution in [0.4, 0.5) is 8.78 Å². The first kappa shape index (κ1) is 15.2. The van der Waals surface area contributed by atoms with E-state index in [1.165, 1.54) is 12.1 Å². The van der Waals surface area contributed by atoms with Crippen molar-refractivity contribution in [2.24, 2.45) is 0 Å². The largest absolute Gasteiger partial charge is 0.306 e. The van der Waals surface area contributed by atoms with Gasteiger partial charge in [-0.05, 0) is 24.7 Å².